The molecule has 0 saturated carbocycles. The van der Waals surface area contributed by atoms with E-state index in [4.69, 9.17) is 29.7 Å². The highest BCUT2D eigenvalue weighted by atomic mass is 28.2. The van der Waals surface area contributed by atoms with E-state index in [0.717, 1.165) is 20.8 Å². The van der Waals surface area contributed by atoms with Crippen molar-refractivity contribution >= 4 is 28.4 Å². The van der Waals surface area contributed by atoms with Crippen LogP contribution in [0.25, 0.3) is 0 Å². The van der Waals surface area contributed by atoms with Gasteiger partial charge in [-0.05, 0) is 0 Å². The van der Waals surface area contributed by atoms with E-state index in [0.29, 0.717) is 0 Å². The van der Waals surface area contributed by atoms with Gasteiger partial charge < -0.3 is 19.7 Å². The zero-order chi connectivity index (χ0) is 13.4. The maximum absolute atomic E-state index is 9.00. The lowest BCUT2D eigenvalue weighted by molar-refractivity contribution is -0.135. The van der Waals surface area contributed by atoms with Gasteiger partial charge in [0.1, 0.15) is 0 Å². The van der Waals surface area contributed by atoms with Gasteiger partial charge in [0.25, 0.3) is 17.9 Å². The molecule has 0 aromatic rings. The van der Waals surface area contributed by atoms with Crippen LogP contribution in [0.15, 0.2) is 0 Å². The Kier molecular flexibility index (Phi) is 35.8. The van der Waals surface area contributed by atoms with E-state index in [9.17, 15) is 0 Å². The number of carboxylic acid groups (broad SMARTS) is 3. The third-order valence-corrected chi connectivity index (χ3v) is 0. The highest BCUT2D eigenvalue weighted by molar-refractivity contribution is 5.97. The summed E-state index contributed by atoms with van der Waals surface area (Å²) in [6.45, 7) is 3.25. The molecule has 0 saturated heterocycles. The van der Waals surface area contributed by atoms with Crippen LogP contribution in [0.4, 0.5) is 0 Å². The highest BCUT2D eigenvalue weighted by Crippen LogP contribution is 1.42. The van der Waals surface area contributed by atoms with Crippen LogP contribution in [0.2, 0.25) is 0 Å². The quantitative estimate of drug-likeness (QED) is 0.508. The molecule has 0 amide bonds. The molecule has 0 aliphatic rings. The maximum atomic E-state index is 9.00. The molecule has 7 nitrogen and oxygen atoms in total. The summed E-state index contributed by atoms with van der Waals surface area (Å²) in [5, 5.41) is 22.2. The van der Waals surface area contributed by atoms with Crippen LogP contribution < -0.4 is 0 Å². The molecule has 0 aliphatic carbocycles. The molecule has 0 rings (SSSR count). The lowest BCUT2D eigenvalue weighted by atomic mass is 10.9. The lowest BCUT2D eigenvalue weighted by Crippen LogP contribution is -1.78. The van der Waals surface area contributed by atoms with Crippen LogP contribution in [0.5, 0.6) is 0 Å². The summed E-state index contributed by atoms with van der Waals surface area (Å²) in [5.41, 5.74) is 0. The Labute approximate surface area is 91.2 Å². The van der Waals surface area contributed by atoms with Gasteiger partial charge in [0.2, 0.25) is 10.5 Å². The van der Waals surface area contributed by atoms with E-state index in [1.807, 2.05) is 0 Å². The molecule has 15 heavy (non-hydrogen) atoms. The topological polar surface area (TPSA) is 121 Å². The monoisotopic (exact) mass is 239 g/mol. The van der Waals surface area contributed by atoms with Crippen molar-refractivity contribution in [2.24, 2.45) is 0 Å². The molecular formula is C7H15O7Si. The second-order valence-corrected chi connectivity index (χ2v) is 2.17. The standard InChI is InChI=1S/3C2H4O2.CH3OSi/c3*1-2(3)4;1-2-3/h3*1H3,(H,3,4);1H3. The number of carbonyl (C=O) groups is 3. The molecule has 0 aromatic carbocycles. The fraction of sp³-hybridized carbons (Fsp3) is 0.571. The van der Waals surface area contributed by atoms with Gasteiger partial charge in [0.05, 0.1) is 0 Å². The smallest absolute Gasteiger partial charge is 0.300 e. The average Bonchev–Trinajstić information content (AvgIpc) is 1.81. The van der Waals surface area contributed by atoms with Crippen molar-refractivity contribution < 1.29 is 34.1 Å². The summed E-state index contributed by atoms with van der Waals surface area (Å²) in [4.78, 5) is 27.0. The van der Waals surface area contributed by atoms with Crippen LogP contribution in [-0.2, 0) is 18.8 Å². The summed E-state index contributed by atoms with van der Waals surface area (Å²) in [5.74, 6) is -2.50. The van der Waals surface area contributed by atoms with Crippen molar-refractivity contribution in [3.63, 3.8) is 0 Å². The molecule has 3 N–H and O–H groups in total. The zero-order valence-corrected chi connectivity index (χ0v) is 9.97. The predicted molar refractivity (Wildman–Crippen MR) is 52.7 cm³/mol. The first-order valence-electron chi connectivity index (χ1n) is 3.40. The molecule has 0 spiro atoms. The Hall–Kier alpha value is -1.41. The number of rotatable bonds is 0. The molecule has 0 aromatic heterocycles. The van der Waals surface area contributed by atoms with E-state index in [1.165, 1.54) is 7.11 Å². The number of hydrogen-bond donors (Lipinski definition) is 3. The van der Waals surface area contributed by atoms with Crippen LogP contribution in [0.3, 0.4) is 0 Å². The fourth-order valence-corrected chi connectivity index (χ4v) is 0. The molecule has 8 heteroatoms. The van der Waals surface area contributed by atoms with Gasteiger partial charge in [0, 0.05) is 27.9 Å². The summed E-state index contributed by atoms with van der Waals surface area (Å²) in [7, 11) is 4.22. The minimum absolute atomic E-state index is 0.833. The van der Waals surface area contributed by atoms with Gasteiger partial charge in [-0.15, -0.1) is 0 Å². The van der Waals surface area contributed by atoms with Crippen LogP contribution in [0.1, 0.15) is 20.8 Å². The van der Waals surface area contributed by atoms with Crippen LogP contribution in [0, 0.1) is 0 Å². The lowest BCUT2D eigenvalue weighted by Gasteiger charge is -1.59. The van der Waals surface area contributed by atoms with Crippen LogP contribution in [-0.4, -0.2) is 50.8 Å². The normalized spacial score (nSPS) is 6.20. The first-order valence-corrected chi connectivity index (χ1v) is 3.80. The van der Waals surface area contributed by atoms with Gasteiger partial charge >= 0.3 is 0 Å². The van der Waals surface area contributed by atoms with Crippen molar-refractivity contribution in [3.05, 3.63) is 0 Å². The Balaban J connectivity index is -0.0000000542. The molecule has 0 unspecified atom stereocenters. The van der Waals surface area contributed by atoms with Crippen molar-refractivity contribution in [1.29, 1.82) is 0 Å². The summed E-state index contributed by atoms with van der Waals surface area (Å²) in [6, 6.07) is 0. The minimum Gasteiger partial charge on any atom is -0.481 e. The van der Waals surface area contributed by atoms with Crippen molar-refractivity contribution in [2.45, 2.75) is 20.8 Å². The number of hydrogen-bond acceptors (Lipinski definition) is 4. The number of carboxylic acids is 3. The largest absolute Gasteiger partial charge is 0.481 e. The summed E-state index contributed by atoms with van der Waals surface area (Å²) >= 11 is 0. The van der Waals surface area contributed by atoms with E-state index in [1.54, 1.807) is 0 Å². The predicted octanol–water partition coefficient (Wildman–Crippen LogP) is -0.0110. The molecule has 0 bridgehead atoms. The maximum Gasteiger partial charge on any atom is 0.300 e. The van der Waals surface area contributed by atoms with Crippen molar-refractivity contribution in [3.8, 4) is 0 Å². The first-order chi connectivity index (χ1) is 6.61. The van der Waals surface area contributed by atoms with Gasteiger partial charge in [-0.2, -0.15) is 0 Å². The Morgan fingerprint density at radius 3 is 0.867 bits per heavy atom. The Morgan fingerprint density at radius 1 is 0.867 bits per heavy atom. The molecule has 0 aliphatic heterocycles. The van der Waals surface area contributed by atoms with E-state index >= 15 is 0 Å². The van der Waals surface area contributed by atoms with Gasteiger partial charge in [0.15, 0.2) is 0 Å². The summed E-state index contributed by atoms with van der Waals surface area (Å²) in [6.07, 6.45) is 0. The molecule has 89 valence electrons. The SMILES string of the molecule is CC(=O)O.CC(=O)O.CC(=O)O.CO[Si]. The summed E-state index contributed by atoms with van der Waals surface area (Å²) < 4.78 is 4.06. The molecule has 0 fully saturated rings. The third-order valence-electron chi connectivity index (χ3n) is 0. The van der Waals surface area contributed by atoms with Gasteiger partial charge in [-0.25, -0.2) is 0 Å². The van der Waals surface area contributed by atoms with Gasteiger partial charge in [-0.1, -0.05) is 0 Å². The molecule has 3 radical (unpaired) electrons. The second-order valence-electron chi connectivity index (χ2n) is 1.76. The third kappa shape index (κ3) is 706. The van der Waals surface area contributed by atoms with Crippen molar-refractivity contribution in [1.82, 2.24) is 0 Å². The van der Waals surface area contributed by atoms with E-state index in [2.05, 4.69) is 14.9 Å². The van der Waals surface area contributed by atoms with E-state index in [-0.39, 0.29) is 0 Å². The Bertz CT molecular complexity index is 128. The van der Waals surface area contributed by atoms with Crippen LogP contribution >= 0.6 is 0 Å². The van der Waals surface area contributed by atoms with E-state index < -0.39 is 17.9 Å². The first kappa shape index (κ1) is 23.4. The highest BCUT2D eigenvalue weighted by Gasteiger charge is 1.66. The minimum atomic E-state index is -0.833. The molecule has 0 heterocycles. The zero-order valence-electron chi connectivity index (χ0n) is 8.97. The van der Waals surface area contributed by atoms with Crippen molar-refractivity contribution in [2.75, 3.05) is 7.11 Å². The molecular weight excluding hydrogens is 224 g/mol. The Morgan fingerprint density at radius 2 is 0.867 bits per heavy atom. The number of aliphatic carboxylic acids is 3. The average molecular weight is 239 g/mol. The fourth-order valence-electron chi connectivity index (χ4n) is 0. The van der Waals surface area contributed by atoms with Gasteiger partial charge in [-0.3, -0.25) is 14.4 Å². The molecule has 0 atom stereocenters. The second kappa shape index (κ2) is 22.9.